The van der Waals surface area contributed by atoms with Crippen molar-refractivity contribution in [2.24, 2.45) is 0 Å². The van der Waals surface area contributed by atoms with Gasteiger partial charge in [-0.15, -0.1) is 11.3 Å². The lowest BCUT2D eigenvalue weighted by Crippen LogP contribution is -2.47. The molecule has 11 heteroatoms. The number of hydrogen-bond acceptors (Lipinski definition) is 6. The van der Waals surface area contributed by atoms with E-state index in [0.717, 1.165) is 60.3 Å². The second-order valence-corrected chi connectivity index (χ2v) is 13.7. The molecular weight excluding hydrogens is 750 g/mol. The third-order valence-corrected chi connectivity index (χ3v) is 10.4. The van der Waals surface area contributed by atoms with E-state index >= 15 is 0 Å². The Hall–Kier alpha value is -1.35. The zero-order valence-electron chi connectivity index (χ0n) is 21.6. The lowest BCUT2D eigenvalue weighted by atomic mass is 10.0. The predicted octanol–water partition coefficient (Wildman–Crippen LogP) is 7.22. The van der Waals surface area contributed by atoms with Gasteiger partial charge in [-0.25, -0.2) is 0 Å². The van der Waals surface area contributed by atoms with Crippen LogP contribution in [-0.4, -0.2) is 64.8 Å². The molecule has 5 rings (SSSR count). The summed E-state index contributed by atoms with van der Waals surface area (Å²) >= 11 is 12.2. The molecule has 0 atom stereocenters. The number of carbonyl (C=O) groups excluding carboxylic acids is 1. The zero-order valence-corrected chi connectivity index (χ0v) is 27.5. The maximum atomic E-state index is 14.2. The third kappa shape index (κ3) is 5.35. The van der Waals surface area contributed by atoms with Crippen LogP contribution in [0.15, 0.2) is 34.9 Å². The number of halogens is 3. The molecule has 1 aliphatic heterocycles. The SMILES string of the molecule is COc1ccc(I)c2c1c(I)c(C(=O)N(C)C1CCN(C(C)C)CC1)n2Cc1cc(-c2ccc(Cl)s2)on1. The van der Waals surface area contributed by atoms with Crippen LogP contribution in [0.3, 0.4) is 0 Å². The van der Waals surface area contributed by atoms with E-state index in [1.807, 2.05) is 42.3 Å². The Bertz CT molecular complexity index is 1470. The number of carbonyl (C=O) groups is 1. The van der Waals surface area contributed by atoms with Crippen molar-refractivity contribution in [3.05, 3.63) is 53.2 Å². The minimum atomic E-state index is 0.0141. The molecule has 1 aliphatic rings. The highest BCUT2D eigenvalue weighted by Gasteiger charge is 2.32. The van der Waals surface area contributed by atoms with Gasteiger partial charge in [-0.2, -0.15) is 0 Å². The Labute approximate surface area is 258 Å². The summed E-state index contributed by atoms with van der Waals surface area (Å²) < 4.78 is 16.1. The average molecular weight is 779 g/mol. The number of ether oxygens (including phenoxy) is 1. The quantitative estimate of drug-likeness (QED) is 0.186. The van der Waals surface area contributed by atoms with Crippen molar-refractivity contribution in [1.82, 2.24) is 19.5 Å². The minimum absolute atomic E-state index is 0.0141. The lowest BCUT2D eigenvalue weighted by molar-refractivity contribution is 0.0605. The summed E-state index contributed by atoms with van der Waals surface area (Å²) in [5.74, 6) is 1.43. The normalized spacial score (nSPS) is 15.1. The van der Waals surface area contributed by atoms with Crippen LogP contribution in [0, 0.1) is 7.14 Å². The molecule has 0 aliphatic carbocycles. The van der Waals surface area contributed by atoms with Gasteiger partial charge in [-0.3, -0.25) is 4.79 Å². The number of rotatable bonds is 7. The monoisotopic (exact) mass is 778 g/mol. The van der Waals surface area contributed by atoms with E-state index in [0.29, 0.717) is 28.4 Å². The van der Waals surface area contributed by atoms with E-state index in [9.17, 15) is 4.79 Å². The lowest BCUT2D eigenvalue weighted by Gasteiger charge is -2.38. The van der Waals surface area contributed by atoms with Gasteiger partial charge >= 0.3 is 0 Å². The number of piperidine rings is 1. The number of methoxy groups -OCH3 is 1. The second-order valence-electron chi connectivity index (χ2n) is 9.79. The highest BCUT2D eigenvalue weighted by molar-refractivity contribution is 14.1. The summed E-state index contributed by atoms with van der Waals surface area (Å²) in [6, 6.07) is 10.4. The number of nitrogens with zero attached hydrogens (tertiary/aromatic N) is 4. The Morgan fingerprint density at radius 1 is 1.26 bits per heavy atom. The fraction of sp³-hybridized carbons (Fsp3) is 0.407. The van der Waals surface area contributed by atoms with Gasteiger partial charge in [0.25, 0.3) is 5.91 Å². The number of amides is 1. The van der Waals surface area contributed by atoms with Gasteiger partial charge in [-0.05, 0) is 96.1 Å². The van der Waals surface area contributed by atoms with Gasteiger partial charge in [-0.1, -0.05) is 16.8 Å². The standard InChI is InChI=1S/C27H29ClI2N4O3S/c1-15(2)33-11-9-17(10-12-33)32(3)27(35)26-24(30)23-19(36-4)6-5-18(29)25(23)34(26)14-16-13-20(37-31-16)21-7-8-22(28)38-21/h5-8,13,15,17H,9-12,14H2,1-4H3. The van der Waals surface area contributed by atoms with Crippen molar-refractivity contribution >= 4 is 84.9 Å². The summed E-state index contributed by atoms with van der Waals surface area (Å²) in [5, 5.41) is 5.29. The number of likely N-dealkylation sites (tertiary alicyclic amines) is 1. The largest absolute Gasteiger partial charge is 0.496 e. The molecule has 0 spiro atoms. The molecule has 4 heterocycles. The van der Waals surface area contributed by atoms with Crippen molar-refractivity contribution in [3.8, 4) is 16.4 Å². The third-order valence-electron chi connectivity index (χ3n) is 7.27. The summed E-state index contributed by atoms with van der Waals surface area (Å²) in [6.45, 7) is 6.85. The van der Waals surface area contributed by atoms with Gasteiger partial charge in [0.1, 0.15) is 17.1 Å². The van der Waals surface area contributed by atoms with Crippen LogP contribution in [-0.2, 0) is 6.54 Å². The van der Waals surface area contributed by atoms with E-state index in [-0.39, 0.29) is 11.9 Å². The maximum absolute atomic E-state index is 14.2. The van der Waals surface area contributed by atoms with Crippen molar-refractivity contribution in [2.75, 3.05) is 27.2 Å². The number of fused-ring (bicyclic) bond motifs is 1. The van der Waals surface area contributed by atoms with E-state index in [4.69, 9.17) is 20.9 Å². The minimum Gasteiger partial charge on any atom is -0.496 e. The molecule has 0 saturated carbocycles. The highest BCUT2D eigenvalue weighted by Crippen LogP contribution is 2.39. The summed E-state index contributed by atoms with van der Waals surface area (Å²) in [6.07, 6.45) is 1.93. The van der Waals surface area contributed by atoms with Gasteiger partial charge in [0.15, 0.2) is 5.76 Å². The topological polar surface area (TPSA) is 63.7 Å². The molecular formula is C27H29ClI2N4O3S. The van der Waals surface area contributed by atoms with Crippen molar-refractivity contribution in [2.45, 2.75) is 45.3 Å². The average Bonchev–Trinajstić information content (AvgIpc) is 3.62. The molecule has 38 heavy (non-hydrogen) atoms. The maximum Gasteiger partial charge on any atom is 0.271 e. The Balaban J connectivity index is 1.54. The van der Waals surface area contributed by atoms with Crippen LogP contribution in [0.25, 0.3) is 21.5 Å². The van der Waals surface area contributed by atoms with Crippen molar-refractivity contribution in [1.29, 1.82) is 0 Å². The molecule has 1 fully saturated rings. The molecule has 0 unspecified atom stereocenters. The van der Waals surface area contributed by atoms with Crippen LogP contribution < -0.4 is 4.74 Å². The number of hydrogen-bond donors (Lipinski definition) is 0. The predicted molar refractivity (Wildman–Crippen MR) is 170 cm³/mol. The van der Waals surface area contributed by atoms with Gasteiger partial charge in [0.05, 0.1) is 37.3 Å². The molecule has 1 saturated heterocycles. The van der Waals surface area contributed by atoms with Gasteiger partial charge in [0.2, 0.25) is 0 Å². The van der Waals surface area contributed by atoms with Gasteiger partial charge in [0, 0.05) is 41.9 Å². The Kier molecular flexibility index (Phi) is 8.63. The summed E-state index contributed by atoms with van der Waals surface area (Å²) in [4.78, 5) is 19.5. The van der Waals surface area contributed by atoms with Crippen LogP contribution in [0.1, 0.15) is 42.9 Å². The molecule has 4 aromatic rings. The summed E-state index contributed by atoms with van der Waals surface area (Å²) in [7, 11) is 3.61. The molecule has 202 valence electrons. The number of thiophene rings is 1. The van der Waals surface area contributed by atoms with Crippen LogP contribution in [0.4, 0.5) is 0 Å². The molecule has 1 aromatic carbocycles. The molecule has 1 amide bonds. The molecule has 0 bridgehead atoms. The van der Waals surface area contributed by atoms with E-state index in [2.05, 4.69) is 73.7 Å². The number of benzene rings is 1. The molecule has 7 nitrogen and oxygen atoms in total. The van der Waals surface area contributed by atoms with Crippen LogP contribution in [0.2, 0.25) is 4.34 Å². The fourth-order valence-corrected chi connectivity index (χ4v) is 7.92. The highest BCUT2D eigenvalue weighted by atomic mass is 127. The van der Waals surface area contributed by atoms with E-state index < -0.39 is 0 Å². The van der Waals surface area contributed by atoms with Crippen molar-refractivity contribution in [3.63, 3.8) is 0 Å². The van der Waals surface area contributed by atoms with Crippen LogP contribution in [0.5, 0.6) is 5.75 Å². The van der Waals surface area contributed by atoms with E-state index in [1.165, 1.54) is 11.3 Å². The Morgan fingerprint density at radius 2 is 2.00 bits per heavy atom. The molecule has 3 aromatic heterocycles. The Morgan fingerprint density at radius 3 is 2.63 bits per heavy atom. The van der Waals surface area contributed by atoms with E-state index in [1.54, 1.807) is 7.11 Å². The molecule has 0 radical (unpaired) electrons. The first-order valence-electron chi connectivity index (χ1n) is 12.5. The summed E-state index contributed by atoms with van der Waals surface area (Å²) in [5.41, 5.74) is 2.35. The van der Waals surface area contributed by atoms with Crippen molar-refractivity contribution < 1.29 is 14.1 Å². The fourth-order valence-electron chi connectivity index (χ4n) is 5.14. The second kappa shape index (κ2) is 11.6. The zero-order chi connectivity index (χ0) is 27.1. The van der Waals surface area contributed by atoms with Gasteiger partial charge < -0.3 is 23.6 Å². The first-order valence-corrected chi connectivity index (χ1v) is 15.8. The first kappa shape index (κ1) is 28.2. The van der Waals surface area contributed by atoms with Crippen LogP contribution >= 0.6 is 68.1 Å². The molecule has 0 N–H and O–H groups in total. The smallest absolute Gasteiger partial charge is 0.271 e. The number of aromatic nitrogens is 2. The first-order chi connectivity index (χ1) is 18.2.